The minimum Gasteiger partial charge on any atom is -0.872 e. The first kappa shape index (κ1) is 6.36. The Morgan fingerprint density at radius 2 is 2.11 bits per heavy atom. The zero-order chi connectivity index (χ0) is 6.85. The van der Waals surface area contributed by atoms with Gasteiger partial charge in [0.05, 0.1) is 5.02 Å². The lowest BCUT2D eigenvalue weighted by Gasteiger charge is -2.03. The summed E-state index contributed by atoms with van der Waals surface area (Å²) in [5, 5.41) is 10.3. The fourth-order valence-corrected chi connectivity index (χ4v) is 0.647. The van der Waals surface area contributed by atoms with Crippen LogP contribution in [0.2, 0.25) is 5.02 Å². The molecular weight excluding hydrogens is 143 g/mol. The fourth-order valence-electron chi connectivity index (χ4n) is 0.477. The van der Waals surface area contributed by atoms with E-state index < -0.39 is 5.82 Å². The first-order valence-electron chi connectivity index (χ1n) is 2.32. The van der Waals surface area contributed by atoms with Crippen molar-refractivity contribution in [2.75, 3.05) is 0 Å². The topological polar surface area (TPSA) is 23.1 Å². The number of rotatable bonds is 0. The van der Waals surface area contributed by atoms with Crippen molar-refractivity contribution in [2.45, 2.75) is 0 Å². The number of hydrogen-bond donors (Lipinski definition) is 0. The molecule has 1 rings (SSSR count). The summed E-state index contributed by atoms with van der Waals surface area (Å²) < 4.78 is 12.2. The predicted octanol–water partition coefficient (Wildman–Crippen LogP) is 1.55. The molecule has 0 atom stereocenters. The van der Waals surface area contributed by atoms with Crippen LogP contribution in [-0.2, 0) is 0 Å². The third-order valence-corrected chi connectivity index (χ3v) is 1.18. The highest BCUT2D eigenvalue weighted by atomic mass is 35.5. The Labute approximate surface area is 56.7 Å². The second-order valence-electron chi connectivity index (χ2n) is 1.58. The van der Waals surface area contributed by atoms with Gasteiger partial charge in [-0.15, -0.1) is 5.75 Å². The maximum atomic E-state index is 12.2. The summed E-state index contributed by atoms with van der Waals surface area (Å²) in [6.45, 7) is 0. The van der Waals surface area contributed by atoms with Crippen LogP contribution in [0.4, 0.5) is 4.39 Å². The molecule has 0 aliphatic carbocycles. The van der Waals surface area contributed by atoms with Crippen LogP contribution < -0.4 is 5.11 Å². The zero-order valence-electron chi connectivity index (χ0n) is 4.40. The van der Waals surface area contributed by atoms with Gasteiger partial charge in [0.2, 0.25) is 0 Å². The van der Waals surface area contributed by atoms with Crippen molar-refractivity contribution in [1.29, 1.82) is 0 Å². The lowest BCUT2D eigenvalue weighted by Crippen LogP contribution is -1.88. The average Bonchev–Trinajstić information content (AvgIpc) is 1.80. The Morgan fingerprint density at radius 3 is 2.56 bits per heavy atom. The van der Waals surface area contributed by atoms with Gasteiger partial charge in [0.25, 0.3) is 0 Å². The van der Waals surface area contributed by atoms with Crippen LogP contribution in [0, 0.1) is 5.82 Å². The van der Waals surface area contributed by atoms with Crippen LogP contribution in [0.1, 0.15) is 0 Å². The smallest absolute Gasteiger partial charge is 0.141 e. The maximum Gasteiger partial charge on any atom is 0.141 e. The summed E-state index contributed by atoms with van der Waals surface area (Å²) in [6, 6.07) is 3.21. The van der Waals surface area contributed by atoms with Crippen LogP contribution in [0.5, 0.6) is 5.75 Å². The molecule has 0 aliphatic rings. The number of benzene rings is 1. The van der Waals surface area contributed by atoms with E-state index in [1.807, 2.05) is 0 Å². The van der Waals surface area contributed by atoms with E-state index in [0.717, 1.165) is 18.2 Å². The van der Waals surface area contributed by atoms with Crippen LogP contribution in [0.15, 0.2) is 18.2 Å². The molecule has 1 nitrogen and oxygen atoms in total. The standard InChI is InChI=1S/C6H4ClFO/c7-5-3-4(9)1-2-6(5)8/h1-3,9H/p-1. The van der Waals surface area contributed by atoms with Gasteiger partial charge in [-0.05, 0) is 12.1 Å². The number of hydrogen-bond acceptors (Lipinski definition) is 1. The lowest BCUT2D eigenvalue weighted by molar-refractivity contribution is -0.268. The fraction of sp³-hybridized carbons (Fsp3) is 0. The molecular formula is C6H3ClFO-. The lowest BCUT2D eigenvalue weighted by atomic mass is 10.3. The largest absolute Gasteiger partial charge is 0.872 e. The molecule has 0 unspecified atom stereocenters. The van der Waals surface area contributed by atoms with Gasteiger partial charge in [-0.3, -0.25) is 0 Å². The van der Waals surface area contributed by atoms with Crippen molar-refractivity contribution in [1.82, 2.24) is 0 Å². The van der Waals surface area contributed by atoms with Gasteiger partial charge in [0.1, 0.15) is 5.82 Å². The highest BCUT2D eigenvalue weighted by Gasteiger charge is 1.93. The third-order valence-electron chi connectivity index (χ3n) is 0.891. The molecule has 0 spiro atoms. The van der Waals surface area contributed by atoms with Crippen LogP contribution in [0.3, 0.4) is 0 Å². The second-order valence-corrected chi connectivity index (χ2v) is 1.98. The summed E-state index contributed by atoms with van der Waals surface area (Å²) >= 11 is 5.24. The molecule has 0 saturated carbocycles. The number of halogens is 2. The molecule has 0 aromatic heterocycles. The van der Waals surface area contributed by atoms with Crippen molar-refractivity contribution < 1.29 is 9.50 Å². The van der Waals surface area contributed by atoms with Gasteiger partial charge in [-0.2, -0.15) is 0 Å². The summed E-state index contributed by atoms with van der Waals surface area (Å²) in [5.41, 5.74) is 0. The van der Waals surface area contributed by atoms with Crippen LogP contribution in [0.25, 0.3) is 0 Å². The van der Waals surface area contributed by atoms with Crippen molar-refractivity contribution in [3.63, 3.8) is 0 Å². The van der Waals surface area contributed by atoms with Gasteiger partial charge >= 0.3 is 0 Å². The molecule has 0 N–H and O–H groups in total. The van der Waals surface area contributed by atoms with E-state index in [2.05, 4.69) is 0 Å². The molecule has 0 amide bonds. The molecule has 9 heavy (non-hydrogen) atoms. The highest BCUT2D eigenvalue weighted by molar-refractivity contribution is 6.30. The molecule has 1 aromatic carbocycles. The van der Waals surface area contributed by atoms with E-state index in [-0.39, 0.29) is 10.8 Å². The third kappa shape index (κ3) is 1.33. The minimum absolute atomic E-state index is 0.123. The molecule has 3 heteroatoms. The second kappa shape index (κ2) is 2.23. The van der Waals surface area contributed by atoms with Gasteiger partial charge in [-0.1, -0.05) is 17.7 Å². The normalized spacial score (nSPS) is 9.56. The Bertz CT molecular complexity index is 224. The van der Waals surface area contributed by atoms with E-state index in [1.54, 1.807) is 0 Å². The first-order chi connectivity index (χ1) is 4.20. The Morgan fingerprint density at radius 1 is 1.44 bits per heavy atom. The van der Waals surface area contributed by atoms with Gasteiger partial charge in [0, 0.05) is 0 Å². The summed E-state index contributed by atoms with van der Waals surface area (Å²) in [5.74, 6) is -0.835. The van der Waals surface area contributed by atoms with E-state index in [9.17, 15) is 9.50 Å². The van der Waals surface area contributed by atoms with Gasteiger partial charge in [-0.25, -0.2) is 4.39 Å². The Balaban J connectivity index is 3.17. The molecule has 0 bridgehead atoms. The van der Waals surface area contributed by atoms with Crippen LogP contribution >= 0.6 is 11.6 Å². The minimum atomic E-state index is -0.559. The predicted molar refractivity (Wildman–Crippen MR) is 30.9 cm³/mol. The molecule has 0 radical (unpaired) electrons. The molecule has 0 aliphatic heterocycles. The molecule has 0 fully saturated rings. The van der Waals surface area contributed by atoms with Crippen molar-refractivity contribution in [3.05, 3.63) is 29.0 Å². The van der Waals surface area contributed by atoms with E-state index in [0.29, 0.717) is 0 Å². The zero-order valence-corrected chi connectivity index (χ0v) is 5.15. The van der Waals surface area contributed by atoms with Crippen molar-refractivity contribution in [3.8, 4) is 5.75 Å². The highest BCUT2D eigenvalue weighted by Crippen LogP contribution is 2.17. The Kier molecular flexibility index (Phi) is 1.58. The average molecular weight is 146 g/mol. The van der Waals surface area contributed by atoms with Crippen molar-refractivity contribution in [2.24, 2.45) is 0 Å². The Hall–Kier alpha value is -0.760. The SMILES string of the molecule is [O-]c1ccc(F)c(Cl)c1. The van der Waals surface area contributed by atoms with Crippen LogP contribution in [-0.4, -0.2) is 0 Å². The first-order valence-corrected chi connectivity index (χ1v) is 2.70. The molecule has 1 aromatic rings. The van der Waals surface area contributed by atoms with E-state index >= 15 is 0 Å². The maximum absolute atomic E-state index is 12.2. The summed E-state index contributed by atoms with van der Waals surface area (Å²) in [4.78, 5) is 0. The summed E-state index contributed by atoms with van der Waals surface area (Å²) in [7, 11) is 0. The monoisotopic (exact) mass is 145 g/mol. The van der Waals surface area contributed by atoms with E-state index in [4.69, 9.17) is 11.6 Å². The van der Waals surface area contributed by atoms with Gasteiger partial charge < -0.3 is 5.11 Å². The van der Waals surface area contributed by atoms with Crippen molar-refractivity contribution >= 4 is 11.6 Å². The summed E-state index contributed by atoms with van der Waals surface area (Å²) in [6.07, 6.45) is 0. The molecule has 0 saturated heterocycles. The van der Waals surface area contributed by atoms with E-state index in [1.165, 1.54) is 0 Å². The molecule has 0 heterocycles. The quantitative estimate of drug-likeness (QED) is 0.543. The van der Waals surface area contributed by atoms with Gasteiger partial charge in [0.15, 0.2) is 0 Å². The molecule has 48 valence electrons.